The van der Waals surface area contributed by atoms with Gasteiger partial charge in [-0.05, 0) is 41.5 Å². The molecule has 0 saturated carbocycles. The smallest absolute Gasteiger partial charge is 0.338 e. The first-order chi connectivity index (χ1) is 16.3. The number of methoxy groups -OCH3 is 2. The van der Waals surface area contributed by atoms with Crippen molar-refractivity contribution in [2.75, 3.05) is 14.2 Å². The van der Waals surface area contributed by atoms with Gasteiger partial charge in [0.25, 0.3) is 5.56 Å². The Labute approximate surface area is 207 Å². The Bertz CT molecular complexity index is 1500. The van der Waals surface area contributed by atoms with Crippen LogP contribution in [0.3, 0.4) is 0 Å². The van der Waals surface area contributed by atoms with Crippen LogP contribution in [0.4, 0.5) is 0 Å². The lowest BCUT2D eigenvalue weighted by Crippen LogP contribution is -2.41. The number of rotatable bonds is 4. The van der Waals surface area contributed by atoms with Gasteiger partial charge >= 0.3 is 11.9 Å². The molecule has 0 spiro atoms. The molecule has 1 aromatic heterocycles. The van der Waals surface area contributed by atoms with Crippen LogP contribution in [0, 0.1) is 0 Å². The van der Waals surface area contributed by atoms with Gasteiger partial charge < -0.3 is 15.2 Å². The first-order valence-corrected chi connectivity index (χ1v) is 11.5. The number of hydrogen-bond donors (Lipinski definition) is 1. The van der Waals surface area contributed by atoms with Gasteiger partial charge in [-0.1, -0.05) is 47.5 Å². The molecule has 174 valence electrons. The van der Waals surface area contributed by atoms with Crippen LogP contribution in [-0.4, -0.2) is 30.7 Å². The largest absolute Gasteiger partial charge is 0.466 e. The van der Waals surface area contributed by atoms with Gasteiger partial charge in [0.15, 0.2) is 0 Å². The highest BCUT2D eigenvalue weighted by Gasteiger charge is 2.39. The zero-order valence-electron chi connectivity index (χ0n) is 18.0. The summed E-state index contributed by atoms with van der Waals surface area (Å²) in [6, 6.07) is 13.5. The monoisotopic (exact) mass is 516 g/mol. The van der Waals surface area contributed by atoms with Gasteiger partial charge in [-0.2, -0.15) is 0 Å². The zero-order chi connectivity index (χ0) is 24.6. The van der Waals surface area contributed by atoms with E-state index in [0.717, 1.165) is 21.5 Å². The molecule has 2 heterocycles. The Morgan fingerprint density at radius 3 is 2.03 bits per heavy atom. The molecule has 4 rings (SSSR count). The second kappa shape index (κ2) is 9.50. The molecule has 0 fully saturated rings. The number of esters is 2. The van der Waals surface area contributed by atoms with Crippen molar-refractivity contribution in [2.24, 2.45) is 5.73 Å². The summed E-state index contributed by atoms with van der Waals surface area (Å²) in [6.07, 6.45) is 1.66. The van der Waals surface area contributed by atoms with Crippen molar-refractivity contribution in [3.05, 3.63) is 94.8 Å². The summed E-state index contributed by atoms with van der Waals surface area (Å²) in [5.74, 6) is -2.53. The number of nitrogens with two attached hydrogens (primary N) is 1. The van der Waals surface area contributed by atoms with Gasteiger partial charge in [0.1, 0.15) is 10.5 Å². The predicted octanol–water partition coefficient (Wildman–Crippen LogP) is 2.47. The first-order valence-electron chi connectivity index (χ1n) is 9.92. The molecule has 0 bridgehead atoms. The van der Waals surface area contributed by atoms with Crippen molar-refractivity contribution in [1.82, 2.24) is 4.57 Å². The van der Waals surface area contributed by atoms with E-state index in [1.54, 1.807) is 54.6 Å². The average Bonchev–Trinajstić information content (AvgIpc) is 3.15. The van der Waals surface area contributed by atoms with E-state index in [1.165, 1.54) is 14.2 Å². The molecule has 34 heavy (non-hydrogen) atoms. The Morgan fingerprint density at radius 2 is 1.47 bits per heavy atom. The maximum atomic E-state index is 13.4. The second-order valence-corrected chi connectivity index (χ2v) is 9.19. The normalized spacial score (nSPS) is 15.8. The Balaban J connectivity index is 2.11. The highest BCUT2D eigenvalue weighted by atomic mass is 35.5. The molecule has 0 radical (unpaired) electrons. The van der Waals surface area contributed by atoms with Crippen LogP contribution >= 0.6 is 34.5 Å². The topological polar surface area (TPSA) is 101 Å². The molecular weight excluding hydrogens is 499 g/mol. The van der Waals surface area contributed by atoms with E-state index in [-0.39, 0.29) is 21.6 Å². The van der Waals surface area contributed by atoms with Crippen LogP contribution in [0.25, 0.3) is 17.5 Å². The molecule has 3 aromatic rings. The highest BCUT2D eigenvalue weighted by Crippen LogP contribution is 2.37. The minimum absolute atomic E-state index is 0.0457. The Kier molecular flexibility index (Phi) is 6.65. The molecule has 1 aliphatic rings. The van der Waals surface area contributed by atoms with Gasteiger partial charge in [-0.3, -0.25) is 9.36 Å². The van der Waals surface area contributed by atoms with Crippen LogP contribution in [-0.2, 0) is 19.1 Å². The summed E-state index contributed by atoms with van der Waals surface area (Å²) in [6.45, 7) is 0. The van der Waals surface area contributed by atoms with Crippen LogP contribution in [0.2, 0.25) is 10.0 Å². The fraction of sp³-hybridized carbons (Fsp3) is 0.125. The van der Waals surface area contributed by atoms with Gasteiger partial charge in [0, 0.05) is 10.0 Å². The van der Waals surface area contributed by atoms with Crippen molar-refractivity contribution in [2.45, 2.75) is 5.92 Å². The number of nitrogens with zero attached hydrogens (tertiary/aromatic N) is 1. The minimum Gasteiger partial charge on any atom is -0.466 e. The van der Waals surface area contributed by atoms with Crippen LogP contribution < -0.4 is 20.5 Å². The number of thiazole rings is 1. The van der Waals surface area contributed by atoms with Gasteiger partial charge in [-0.25, -0.2) is 9.59 Å². The first kappa shape index (κ1) is 23.8. The summed E-state index contributed by atoms with van der Waals surface area (Å²) in [4.78, 5) is 39.2. The Hall–Kier alpha value is -3.33. The number of benzene rings is 2. The van der Waals surface area contributed by atoms with E-state index >= 15 is 0 Å². The molecule has 0 unspecified atom stereocenters. The lowest BCUT2D eigenvalue weighted by molar-refractivity contribution is -0.136. The lowest BCUT2D eigenvalue weighted by atomic mass is 9.83. The number of hydrogen-bond acceptors (Lipinski definition) is 7. The summed E-state index contributed by atoms with van der Waals surface area (Å²) in [5.41, 5.74) is 7.23. The number of halogens is 2. The molecule has 10 heteroatoms. The molecule has 7 nitrogen and oxygen atoms in total. The van der Waals surface area contributed by atoms with Crippen LogP contribution in [0.5, 0.6) is 0 Å². The molecule has 0 aliphatic carbocycles. The van der Waals surface area contributed by atoms with Crippen molar-refractivity contribution < 1.29 is 19.1 Å². The van der Waals surface area contributed by atoms with Gasteiger partial charge in [-0.15, -0.1) is 11.3 Å². The summed E-state index contributed by atoms with van der Waals surface area (Å²) < 4.78 is 11.7. The highest BCUT2D eigenvalue weighted by molar-refractivity contribution is 7.07. The van der Waals surface area contributed by atoms with Gasteiger partial charge in [0.2, 0.25) is 0 Å². The molecule has 0 amide bonds. The standard InChI is InChI=1S/C24H18Cl2N2O5S/c1-32-23(30)18-17(13-5-9-15(26)10-6-13)19(24(31)33-2)22-28(20(18)27)21(29)16(34-22)11-12-3-7-14(25)8-4-12/h3-11,17H,27H2,1-2H3/b16-11-/t17-/m0/s1. The summed E-state index contributed by atoms with van der Waals surface area (Å²) >= 11 is 13.1. The maximum absolute atomic E-state index is 13.4. The minimum atomic E-state index is -0.932. The van der Waals surface area contributed by atoms with E-state index < -0.39 is 23.4 Å². The van der Waals surface area contributed by atoms with Crippen molar-refractivity contribution >= 4 is 63.9 Å². The van der Waals surface area contributed by atoms with Crippen LogP contribution in [0.1, 0.15) is 17.0 Å². The third-order valence-electron chi connectivity index (χ3n) is 5.33. The molecule has 2 N–H and O–H groups in total. The molecule has 1 atom stereocenters. The second-order valence-electron chi connectivity index (χ2n) is 7.29. The third-order valence-corrected chi connectivity index (χ3v) is 6.94. The van der Waals surface area contributed by atoms with E-state index in [4.69, 9.17) is 38.4 Å². The predicted molar refractivity (Wildman–Crippen MR) is 132 cm³/mol. The van der Waals surface area contributed by atoms with Gasteiger partial charge in [0.05, 0.1) is 35.8 Å². The Morgan fingerprint density at radius 1 is 0.941 bits per heavy atom. The number of carbonyl (C=O) groups excluding carboxylic acids is 2. The number of aromatic nitrogens is 1. The number of carbonyl (C=O) groups is 2. The molecular formula is C24H18Cl2N2O5S. The number of fused-ring (bicyclic) bond motifs is 1. The average molecular weight is 517 g/mol. The quantitative estimate of drug-likeness (QED) is 0.534. The van der Waals surface area contributed by atoms with E-state index in [9.17, 15) is 14.4 Å². The van der Waals surface area contributed by atoms with Crippen molar-refractivity contribution in [1.29, 1.82) is 0 Å². The zero-order valence-corrected chi connectivity index (χ0v) is 20.3. The SMILES string of the molecule is COC(=O)C1=C(N)n2c(s/c(=C\c3ccc(Cl)cc3)c2=O)=C(C(=O)OC)[C@H]1c1ccc(Cl)cc1. The van der Waals surface area contributed by atoms with E-state index in [0.29, 0.717) is 20.1 Å². The lowest BCUT2D eigenvalue weighted by Gasteiger charge is -2.26. The molecule has 2 aromatic carbocycles. The fourth-order valence-electron chi connectivity index (χ4n) is 3.76. The van der Waals surface area contributed by atoms with Crippen molar-refractivity contribution in [3.8, 4) is 0 Å². The molecule has 1 aliphatic heterocycles. The summed E-state index contributed by atoms with van der Waals surface area (Å²) in [5, 5.41) is 1.03. The van der Waals surface area contributed by atoms with Crippen molar-refractivity contribution in [3.63, 3.8) is 0 Å². The van der Waals surface area contributed by atoms with E-state index in [1.807, 2.05) is 0 Å². The van der Waals surface area contributed by atoms with E-state index in [2.05, 4.69) is 0 Å². The summed E-state index contributed by atoms with van der Waals surface area (Å²) in [7, 11) is 2.43. The van der Waals surface area contributed by atoms with Crippen LogP contribution in [0.15, 0.2) is 58.9 Å². The molecule has 0 saturated heterocycles. The third kappa shape index (κ3) is 4.16. The maximum Gasteiger partial charge on any atom is 0.338 e. The fourth-order valence-corrected chi connectivity index (χ4v) is 5.18. The number of ether oxygens (including phenoxy) is 2.